The molecule has 0 aliphatic carbocycles. The number of rotatable bonds is 2. The molecule has 1 fully saturated rings. The van der Waals surface area contributed by atoms with Crippen LogP contribution in [0.5, 0.6) is 0 Å². The average Bonchev–Trinajstić information content (AvgIpc) is 2.46. The molecule has 1 aliphatic rings. The van der Waals surface area contributed by atoms with E-state index in [1.165, 1.54) is 11.3 Å². The molecule has 5 heteroatoms. The summed E-state index contributed by atoms with van der Waals surface area (Å²) in [5, 5.41) is 4.35. The van der Waals surface area contributed by atoms with Crippen LogP contribution in [0.3, 0.4) is 0 Å². The van der Waals surface area contributed by atoms with Gasteiger partial charge in [-0.1, -0.05) is 17.8 Å². The first-order chi connectivity index (χ1) is 9.24. The van der Waals surface area contributed by atoms with Crippen LogP contribution < -0.4 is 10.2 Å². The molecule has 2 rings (SSSR count). The van der Waals surface area contributed by atoms with E-state index >= 15 is 0 Å². The second-order valence-corrected chi connectivity index (χ2v) is 5.27. The monoisotopic (exact) mass is 279 g/mol. The second kappa shape index (κ2) is 6.82. The lowest BCUT2D eigenvalue weighted by Gasteiger charge is -2.31. The number of hydrogen-bond donors (Lipinski definition) is 1. The van der Waals surface area contributed by atoms with Crippen LogP contribution in [0.2, 0.25) is 0 Å². The standard InChI is InChI=1S/C14H21N3OS/c1-11-4-5-13(17-6-8-18-9-7-17)12(10-11)16-14(15-2)19-3/h4-5,10H,6-9H2,1-3H3,(H,15,16). The zero-order chi connectivity index (χ0) is 13.7. The normalized spacial score (nSPS) is 16.6. The van der Waals surface area contributed by atoms with Crippen LogP contribution in [0.4, 0.5) is 11.4 Å². The molecule has 1 aromatic carbocycles. The summed E-state index contributed by atoms with van der Waals surface area (Å²) in [5.41, 5.74) is 3.59. The summed E-state index contributed by atoms with van der Waals surface area (Å²) in [5.74, 6) is 0. The molecule has 1 aliphatic heterocycles. The largest absolute Gasteiger partial charge is 0.378 e. The Hall–Kier alpha value is -1.20. The predicted octanol–water partition coefficient (Wildman–Crippen LogP) is 2.59. The lowest BCUT2D eigenvalue weighted by Crippen LogP contribution is -2.36. The summed E-state index contributed by atoms with van der Waals surface area (Å²) in [6.07, 6.45) is 2.03. The number of aliphatic imine (C=N–C) groups is 1. The van der Waals surface area contributed by atoms with E-state index in [2.05, 4.69) is 40.3 Å². The number of nitrogens with zero attached hydrogens (tertiary/aromatic N) is 2. The van der Waals surface area contributed by atoms with Crippen LogP contribution in [0, 0.1) is 6.92 Å². The van der Waals surface area contributed by atoms with E-state index in [0.29, 0.717) is 0 Å². The van der Waals surface area contributed by atoms with Gasteiger partial charge in [-0.15, -0.1) is 0 Å². The van der Waals surface area contributed by atoms with Crippen LogP contribution in [-0.4, -0.2) is 44.8 Å². The number of aryl methyl sites for hydroxylation is 1. The lowest BCUT2D eigenvalue weighted by molar-refractivity contribution is 0.123. The van der Waals surface area contributed by atoms with E-state index in [0.717, 1.165) is 37.2 Å². The van der Waals surface area contributed by atoms with E-state index in [-0.39, 0.29) is 0 Å². The number of hydrogen-bond acceptors (Lipinski definition) is 4. The fourth-order valence-corrected chi connectivity index (χ4v) is 2.54. The quantitative estimate of drug-likeness (QED) is 0.667. The minimum Gasteiger partial charge on any atom is -0.378 e. The van der Waals surface area contributed by atoms with Gasteiger partial charge in [0.2, 0.25) is 0 Å². The molecule has 19 heavy (non-hydrogen) atoms. The van der Waals surface area contributed by atoms with Crippen LogP contribution in [-0.2, 0) is 4.74 Å². The molecule has 0 spiro atoms. The molecule has 0 amide bonds. The molecular weight excluding hydrogens is 258 g/mol. The minimum atomic E-state index is 0.796. The molecule has 0 atom stereocenters. The van der Waals surface area contributed by atoms with Crippen LogP contribution >= 0.6 is 11.8 Å². The number of ether oxygens (including phenoxy) is 1. The van der Waals surface area contributed by atoms with Crippen LogP contribution in [0.15, 0.2) is 23.2 Å². The van der Waals surface area contributed by atoms with Gasteiger partial charge >= 0.3 is 0 Å². The average molecular weight is 279 g/mol. The smallest absolute Gasteiger partial charge is 0.160 e. The van der Waals surface area contributed by atoms with E-state index in [1.807, 2.05) is 13.3 Å². The number of benzene rings is 1. The molecule has 0 saturated carbocycles. The maximum atomic E-state index is 5.42. The summed E-state index contributed by atoms with van der Waals surface area (Å²) >= 11 is 1.62. The molecule has 0 bridgehead atoms. The minimum absolute atomic E-state index is 0.796. The maximum Gasteiger partial charge on any atom is 0.160 e. The molecule has 0 aromatic heterocycles. The molecule has 1 heterocycles. The van der Waals surface area contributed by atoms with Gasteiger partial charge in [0.25, 0.3) is 0 Å². The SMILES string of the molecule is CN=C(Nc1cc(C)ccc1N1CCOCC1)SC. The molecule has 1 N–H and O–H groups in total. The summed E-state index contributed by atoms with van der Waals surface area (Å²) in [6.45, 7) is 5.58. The first-order valence-electron chi connectivity index (χ1n) is 6.45. The number of anilines is 2. The van der Waals surface area contributed by atoms with Crippen molar-refractivity contribution >= 4 is 28.3 Å². The van der Waals surface area contributed by atoms with Crippen molar-refractivity contribution in [2.75, 3.05) is 49.8 Å². The highest BCUT2D eigenvalue weighted by atomic mass is 32.2. The zero-order valence-corrected chi connectivity index (χ0v) is 12.6. The van der Waals surface area contributed by atoms with Gasteiger partial charge in [0.05, 0.1) is 24.6 Å². The van der Waals surface area contributed by atoms with Gasteiger partial charge in [-0.05, 0) is 30.9 Å². The summed E-state index contributed by atoms with van der Waals surface area (Å²) in [6, 6.07) is 6.50. The van der Waals surface area contributed by atoms with Gasteiger partial charge in [0.1, 0.15) is 0 Å². The highest BCUT2D eigenvalue weighted by molar-refractivity contribution is 8.13. The summed E-state index contributed by atoms with van der Waals surface area (Å²) in [7, 11) is 1.81. The molecule has 4 nitrogen and oxygen atoms in total. The first kappa shape index (κ1) is 14.2. The van der Waals surface area contributed by atoms with Crippen LogP contribution in [0.25, 0.3) is 0 Å². The summed E-state index contributed by atoms with van der Waals surface area (Å²) in [4.78, 5) is 6.60. The van der Waals surface area contributed by atoms with Crippen molar-refractivity contribution in [3.8, 4) is 0 Å². The van der Waals surface area contributed by atoms with Crippen molar-refractivity contribution in [3.63, 3.8) is 0 Å². The van der Waals surface area contributed by atoms with Crippen molar-refractivity contribution < 1.29 is 4.74 Å². The van der Waals surface area contributed by atoms with E-state index < -0.39 is 0 Å². The Morgan fingerprint density at radius 3 is 2.74 bits per heavy atom. The Morgan fingerprint density at radius 1 is 1.37 bits per heavy atom. The Kier molecular flexibility index (Phi) is 5.10. The molecule has 1 aromatic rings. The fourth-order valence-electron chi connectivity index (χ4n) is 2.14. The van der Waals surface area contributed by atoms with Gasteiger partial charge in [-0.3, -0.25) is 4.99 Å². The van der Waals surface area contributed by atoms with Crippen molar-refractivity contribution in [2.45, 2.75) is 6.92 Å². The topological polar surface area (TPSA) is 36.9 Å². The third kappa shape index (κ3) is 3.64. The maximum absolute atomic E-state index is 5.42. The van der Waals surface area contributed by atoms with Crippen molar-refractivity contribution in [2.24, 2.45) is 4.99 Å². The second-order valence-electron chi connectivity index (χ2n) is 4.48. The van der Waals surface area contributed by atoms with Gasteiger partial charge in [-0.2, -0.15) is 0 Å². The van der Waals surface area contributed by atoms with E-state index in [9.17, 15) is 0 Å². The first-order valence-corrected chi connectivity index (χ1v) is 7.68. The van der Waals surface area contributed by atoms with Crippen molar-refractivity contribution in [3.05, 3.63) is 23.8 Å². The lowest BCUT2D eigenvalue weighted by atomic mass is 10.1. The van der Waals surface area contributed by atoms with Gasteiger partial charge in [0.15, 0.2) is 5.17 Å². The fraction of sp³-hybridized carbons (Fsp3) is 0.500. The zero-order valence-electron chi connectivity index (χ0n) is 11.8. The molecule has 1 saturated heterocycles. The Morgan fingerprint density at radius 2 is 2.11 bits per heavy atom. The number of nitrogens with one attached hydrogen (secondary N) is 1. The molecule has 104 valence electrons. The highest BCUT2D eigenvalue weighted by Gasteiger charge is 2.15. The Balaban J connectivity index is 2.26. The van der Waals surface area contributed by atoms with E-state index in [1.54, 1.807) is 11.8 Å². The van der Waals surface area contributed by atoms with Crippen molar-refractivity contribution in [1.82, 2.24) is 0 Å². The summed E-state index contributed by atoms with van der Waals surface area (Å²) < 4.78 is 5.42. The number of morpholine rings is 1. The van der Waals surface area contributed by atoms with Crippen LogP contribution in [0.1, 0.15) is 5.56 Å². The highest BCUT2D eigenvalue weighted by Crippen LogP contribution is 2.28. The number of thioether (sulfide) groups is 1. The Bertz CT molecular complexity index is 456. The number of amidine groups is 1. The predicted molar refractivity (Wildman–Crippen MR) is 84.7 cm³/mol. The van der Waals surface area contributed by atoms with E-state index in [4.69, 9.17) is 4.74 Å². The molecular formula is C14H21N3OS. The third-order valence-electron chi connectivity index (χ3n) is 3.14. The van der Waals surface area contributed by atoms with Crippen molar-refractivity contribution in [1.29, 1.82) is 0 Å². The third-order valence-corrected chi connectivity index (χ3v) is 3.81. The molecule has 0 radical (unpaired) electrons. The Labute approximate surface area is 119 Å². The van der Waals surface area contributed by atoms with Gasteiger partial charge in [-0.25, -0.2) is 0 Å². The molecule has 0 unspecified atom stereocenters. The van der Waals surface area contributed by atoms with Gasteiger partial charge in [0, 0.05) is 20.1 Å². The van der Waals surface area contributed by atoms with Gasteiger partial charge < -0.3 is 15.0 Å².